The van der Waals surface area contributed by atoms with Crippen molar-refractivity contribution in [3.05, 3.63) is 12.2 Å². The molecule has 4 nitrogen and oxygen atoms in total. The molecule has 0 aliphatic heterocycles. The zero-order valence-corrected chi connectivity index (χ0v) is 10.6. The number of aliphatic hydroxyl groups excluding tert-OH is 1. The highest BCUT2D eigenvalue weighted by Gasteiger charge is 2.15. The molecule has 0 aromatic carbocycles. The van der Waals surface area contributed by atoms with Gasteiger partial charge in [0, 0.05) is 6.54 Å². The van der Waals surface area contributed by atoms with Crippen LogP contribution in [-0.4, -0.2) is 55.8 Å². The van der Waals surface area contributed by atoms with E-state index < -0.39 is 6.10 Å². The molecule has 0 aliphatic rings. The Labute approximate surface area is 98.0 Å². The standard InChI is InChI=1S/C10H20N2O2.ClH/c1-5-6-10(14)11-7-9(13)8-12(2,3)4;/h5-6,9,13H,7-8H2,1-4H3;1H. The minimum absolute atomic E-state index is 0. The summed E-state index contributed by atoms with van der Waals surface area (Å²) in [6, 6.07) is 0. The Kier molecular flexibility index (Phi) is 8.62. The number of nitrogens with one attached hydrogen (secondary N) is 1. The number of amides is 1. The zero-order chi connectivity index (χ0) is 11.2. The van der Waals surface area contributed by atoms with Crippen molar-refractivity contribution in [1.29, 1.82) is 0 Å². The van der Waals surface area contributed by atoms with Crippen molar-refractivity contribution in [3.63, 3.8) is 0 Å². The van der Waals surface area contributed by atoms with Gasteiger partial charge in [-0.3, -0.25) is 4.79 Å². The fourth-order valence-electron chi connectivity index (χ4n) is 1.13. The lowest BCUT2D eigenvalue weighted by Gasteiger charge is -2.26. The second-order valence-electron chi connectivity index (χ2n) is 4.37. The molecule has 1 amide bonds. The first-order valence-corrected chi connectivity index (χ1v) is 4.74. The minimum Gasteiger partial charge on any atom is -1.00 e. The van der Waals surface area contributed by atoms with E-state index in [9.17, 15) is 9.90 Å². The van der Waals surface area contributed by atoms with Crippen LogP contribution in [0.15, 0.2) is 12.2 Å². The van der Waals surface area contributed by atoms with Crippen LogP contribution in [0.4, 0.5) is 0 Å². The molecule has 90 valence electrons. The highest BCUT2D eigenvalue weighted by atomic mass is 35.5. The molecule has 0 fully saturated rings. The fraction of sp³-hybridized carbons (Fsp3) is 0.700. The largest absolute Gasteiger partial charge is 1.00 e. The normalized spacial score (nSPS) is 13.4. The predicted octanol–water partition coefficient (Wildman–Crippen LogP) is -3.25. The molecule has 0 aromatic heterocycles. The summed E-state index contributed by atoms with van der Waals surface area (Å²) in [6.45, 7) is 2.71. The van der Waals surface area contributed by atoms with Crippen molar-refractivity contribution >= 4 is 5.91 Å². The average Bonchev–Trinajstić information content (AvgIpc) is 1.98. The van der Waals surface area contributed by atoms with Gasteiger partial charge in [-0.2, -0.15) is 0 Å². The van der Waals surface area contributed by atoms with Gasteiger partial charge in [-0.15, -0.1) is 0 Å². The monoisotopic (exact) mass is 236 g/mol. The summed E-state index contributed by atoms with van der Waals surface area (Å²) in [5.41, 5.74) is 0. The van der Waals surface area contributed by atoms with E-state index in [-0.39, 0.29) is 18.3 Å². The van der Waals surface area contributed by atoms with Gasteiger partial charge in [0.15, 0.2) is 0 Å². The van der Waals surface area contributed by atoms with Crippen LogP contribution in [-0.2, 0) is 4.79 Å². The van der Waals surface area contributed by atoms with Gasteiger partial charge in [0.25, 0.3) is 0 Å². The molecule has 0 spiro atoms. The van der Waals surface area contributed by atoms with Gasteiger partial charge in [0.05, 0.1) is 21.1 Å². The number of likely N-dealkylation sites (N-methyl/N-ethyl adjacent to an activating group) is 1. The number of aliphatic hydroxyl groups is 1. The maximum Gasteiger partial charge on any atom is 0.243 e. The number of carbonyl (C=O) groups is 1. The Bertz CT molecular complexity index is 212. The first-order chi connectivity index (χ1) is 6.35. The summed E-state index contributed by atoms with van der Waals surface area (Å²) in [5, 5.41) is 12.2. The average molecular weight is 237 g/mol. The molecule has 1 atom stereocenters. The number of allylic oxidation sites excluding steroid dienone is 1. The van der Waals surface area contributed by atoms with Crippen molar-refractivity contribution < 1.29 is 26.8 Å². The first kappa shape index (κ1) is 16.8. The van der Waals surface area contributed by atoms with Crippen molar-refractivity contribution in [2.24, 2.45) is 0 Å². The molecule has 0 aromatic rings. The lowest BCUT2D eigenvalue weighted by Crippen LogP contribution is -3.00. The van der Waals surface area contributed by atoms with Gasteiger partial charge in [-0.1, -0.05) is 6.08 Å². The lowest BCUT2D eigenvalue weighted by molar-refractivity contribution is -0.873. The molecule has 0 saturated carbocycles. The molecule has 5 heteroatoms. The number of halogens is 1. The molecule has 2 N–H and O–H groups in total. The number of hydrogen-bond acceptors (Lipinski definition) is 2. The third-order valence-corrected chi connectivity index (χ3v) is 1.59. The summed E-state index contributed by atoms with van der Waals surface area (Å²) in [6.07, 6.45) is 2.62. The van der Waals surface area contributed by atoms with Gasteiger partial charge in [-0.25, -0.2) is 0 Å². The minimum atomic E-state index is -0.496. The third-order valence-electron chi connectivity index (χ3n) is 1.59. The first-order valence-electron chi connectivity index (χ1n) is 4.74. The van der Waals surface area contributed by atoms with Gasteiger partial charge in [0.1, 0.15) is 12.6 Å². The number of hydrogen-bond donors (Lipinski definition) is 2. The van der Waals surface area contributed by atoms with Crippen LogP contribution in [0.25, 0.3) is 0 Å². The van der Waals surface area contributed by atoms with Gasteiger partial charge >= 0.3 is 0 Å². The number of rotatable bonds is 5. The molecular formula is C10H21ClN2O2. The predicted molar refractivity (Wildman–Crippen MR) is 56.7 cm³/mol. The number of carbonyl (C=O) groups excluding carboxylic acids is 1. The summed E-state index contributed by atoms with van der Waals surface area (Å²) in [7, 11) is 5.99. The second-order valence-corrected chi connectivity index (χ2v) is 4.37. The summed E-state index contributed by atoms with van der Waals surface area (Å²) >= 11 is 0. The van der Waals surface area contributed by atoms with Crippen LogP contribution in [0.3, 0.4) is 0 Å². The van der Waals surface area contributed by atoms with E-state index in [1.807, 2.05) is 21.1 Å². The second kappa shape index (κ2) is 7.68. The summed E-state index contributed by atoms with van der Waals surface area (Å²) in [5.74, 6) is -0.159. The molecule has 0 radical (unpaired) electrons. The van der Waals surface area contributed by atoms with Crippen LogP contribution >= 0.6 is 0 Å². The Hall–Kier alpha value is -0.580. The van der Waals surface area contributed by atoms with Crippen molar-refractivity contribution in [1.82, 2.24) is 5.32 Å². The zero-order valence-electron chi connectivity index (χ0n) is 9.83. The van der Waals surface area contributed by atoms with Gasteiger partial charge in [0.2, 0.25) is 5.91 Å². The van der Waals surface area contributed by atoms with Crippen molar-refractivity contribution in [2.75, 3.05) is 34.2 Å². The maximum atomic E-state index is 11.0. The SMILES string of the molecule is CC=CC(=O)NCC(O)C[N+](C)(C)C.[Cl-]. The van der Waals surface area contributed by atoms with Crippen LogP contribution in [0, 0.1) is 0 Å². The number of quaternary nitrogens is 1. The van der Waals surface area contributed by atoms with Crippen LogP contribution in [0.5, 0.6) is 0 Å². The maximum absolute atomic E-state index is 11.0. The van der Waals surface area contributed by atoms with Crippen molar-refractivity contribution in [3.8, 4) is 0 Å². The van der Waals surface area contributed by atoms with E-state index in [2.05, 4.69) is 5.32 Å². The van der Waals surface area contributed by atoms with Gasteiger partial charge < -0.3 is 27.3 Å². The van der Waals surface area contributed by atoms with E-state index >= 15 is 0 Å². The highest BCUT2D eigenvalue weighted by Crippen LogP contribution is 1.93. The van der Waals surface area contributed by atoms with Crippen LogP contribution in [0.2, 0.25) is 0 Å². The molecule has 0 rings (SSSR count). The third kappa shape index (κ3) is 11.3. The molecule has 15 heavy (non-hydrogen) atoms. The Morgan fingerprint density at radius 3 is 2.40 bits per heavy atom. The van der Waals surface area contributed by atoms with E-state index in [1.54, 1.807) is 13.0 Å². The summed E-state index contributed by atoms with van der Waals surface area (Å²) < 4.78 is 0.681. The van der Waals surface area contributed by atoms with E-state index in [4.69, 9.17) is 0 Å². The number of nitrogens with zero attached hydrogens (tertiary/aromatic N) is 1. The quantitative estimate of drug-likeness (QED) is 0.389. The van der Waals surface area contributed by atoms with Crippen LogP contribution in [0.1, 0.15) is 6.92 Å². The Balaban J connectivity index is 0. The lowest BCUT2D eigenvalue weighted by atomic mass is 10.3. The topological polar surface area (TPSA) is 49.3 Å². The fourth-order valence-corrected chi connectivity index (χ4v) is 1.13. The van der Waals surface area contributed by atoms with Crippen LogP contribution < -0.4 is 17.7 Å². The summed E-state index contributed by atoms with van der Waals surface area (Å²) in [4.78, 5) is 11.0. The molecule has 0 saturated heterocycles. The Morgan fingerprint density at radius 2 is 2.00 bits per heavy atom. The highest BCUT2D eigenvalue weighted by molar-refractivity contribution is 5.87. The molecular weight excluding hydrogens is 216 g/mol. The molecule has 0 aliphatic carbocycles. The van der Waals surface area contributed by atoms with Gasteiger partial charge in [-0.05, 0) is 13.0 Å². The van der Waals surface area contributed by atoms with E-state index in [0.29, 0.717) is 17.6 Å². The molecule has 1 unspecified atom stereocenters. The van der Waals surface area contributed by atoms with E-state index in [0.717, 1.165) is 0 Å². The van der Waals surface area contributed by atoms with E-state index in [1.165, 1.54) is 6.08 Å². The smallest absolute Gasteiger partial charge is 0.243 e. The van der Waals surface area contributed by atoms with Crippen molar-refractivity contribution in [2.45, 2.75) is 13.0 Å². The molecule has 0 heterocycles. The molecule has 0 bridgehead atoms. The Morgan fingerprint density at radius 1 is 1.47 bits per heavy atom.